The van der Waals surface area contributed by atoms with Crippen LogP contribution >= 0.6 is 0 Å². The quantitative estimate of drug-likeness (QED) is 0.803. The second kappa shape index (κ2) is 4.65. The van der Waals surface area contributed by atoms with Crippen LogP contribution in [0.4, 0.5) is 4.39 Å². The summed E-state index contributed by atoms with van der Waals surface area (Å²) in [6.45, 7) is 7.93. The van der Waals surface area contributed by atoms with Crippen LogP contribution in [0.1, 0.15) is 44.7 Å². The summed E-state index contributed by atoms with van der Waals surface area (Å²) in [6, 6.07) is 3.02. The van der Waals surface area contributed by atoms with Gasteiger partial charge in [-0.05, 0) is 41.5 Å². The van der Waals surface area contributed by atoms with Gasteiger partial charge in [-0.2, -0.15) is 0 Å². The number of phenolic OH excluding ortho intramolecular Hbond substituents is 1. The van der Waals surface area contributed by atoms with Crippen molar-refractivity contribution in [2.24, 2.45) is 5.92 Å². The Balaban J connectivity index is 3.08. The fraction of sp³-hybridized carbons (Fsp3) is 0.538. The molecule has 0 saturated carbocycles. The maximum absolute atomic E-state index is 13.6. The fourth-order valence-corrected chi connectivity index (χ4v) is 1.66. The topological polar surface area (TPSA) is 20.2 Å². The van der Waals surface area contributed by atoms with E-state index < -0.39 is 0 Å². The van der Waals surface area contributed by atoms with Gasteiger partial charge in [-0.25, -0.2) is 4.39 Å². The van der Waals surface area contributed by atoms with E-state index in [1.54, 1.807) is 6.07 Å². The maximum atomic E-state index is 13.6. The molecule has 0 amide bonds. The summed E-state index contributed by atoms with van der Waals surface area (Å²) in [6.07, 6.45) is 0.709. The van der Waals surface area contributed by atoms with Gasteiger partial charge in [0.2, 0.25) is 0 Å². The Morgan fingerprint density at radius 2 is 1.80 bits per heavy atom. The largest absolute Gasteiger partial charge is 0.508 e. The molecule has 1 N–H and O–H groups in total. The average Bonchev–Trinajstić information content (AvgIpc) is 2.09. The Labute approximate surface area is 90.9 Å². The molecule has 2 heteroatoms. The van der Waals surface area contributed by atoms with Crippen molar-refractivity contribution in [3.8, 4) is 5.75 Å². The summed E-state index contributed by atoms with van der Waals surface area (Å²) in [5, 5.41) is 9.75. The molecule has 1 aromatic carbocycles. The van der Waals surface area contributed by atoms with E-state index in [2.05, 4.69) is 0 Å². The zero-order valence-corrected chi connectivity index (χ0v) is 9.84. The maximum Gasteiger partial charge on any atom is 0.127 e. The van der Waals surface area contributed by atoms with Gasteiger partial charge in [-0.3, -0.25) is 0 Å². The summed E-state index contributed by atoms with van der Waals surface area (Å²) < 4.78 is 13.6. The van der Waals surface area contributed by atoms with E-state index in [9.17, 15) is 9.50 Å². The van der Waals surface area contributed by atoms with Crippen molar-refractivity contribution in [2.45, 2.75) is 40.0 Å². The van der Waals surface area contributed by atoms with Crippen molar-refractivity contribution in [2.75, 3.05) is 0 Å². The third kappa shape index (κ3) is 2.95. The summed E-state index contributed by atoms with van der Waals surface area (Å²) >= 11 is 0. The second-order valence-electron chi connectivity index (χ2n) is 4.76. The molecule has 0 bridgehead atoms. The minimum atomic E-state index is -0.210. The zero-order chi connectivity index (χ0) is 11.6. The molecule has 0 heterocycles. The Kier molecular flexibility index (Phi) is 3.72. The van der Waals surface area contributed by atoms with Gasteiger partial charge < -0.3 is 5.11 Å². The number of benzene rings is 1. The van der Waals surface area contributed by atoms with Crippen LogP contribution in [-0.2, 0) is 6.42 Å². The number of aromatic hydroxyl groups is 1. The molecule has 0 atom stereocenters. The van der Waals surface area contributed by atoms with Gasteiger partial charge in [0, 0.05) is 0 Å². The summed E-state index contributed by atoms with van der Waals surface area (Å²) in [5.41, 5.74) is 1.28. The lowest BCUT2D eigenvalue weighted by molar-refractivity contribution is 0.456. The first-order valence-corrected chi connectivity index (χ1v) is 5.43. The lowest BCUT2D eigenvalue weighted by Gasteiger charge is -2.12. The SMILES string of the molecule is CC(C)Cc1cc(F)c(C(C)C)cc1O. The Morgan fingerprint density at radius 3 is 2.27 bits per heavy atom. The predicted octanol–water partition coefficient (Wildman–Crippen LogP) is 3.85. The Bertz CT molecular complexity index is 343. The molecule has 1 aromatic rings. The first kappa shape index (κ1) is 12.0. The lowest BCUT2D eigenvalue weighted by atomic mass is 9.96. The van der Waals surface area contributed by atoms with Crippen molar-refractivity contribution >= 4 is 0 Å². The number of halogens is 1. The molecule has 0 saturated heterocycles. The standard InChI is InChI=1S/C13H19FO/c1-8(2)5-10-6-12(14)11(9(3)4)7-13(10)15/h6-9,15H,5H2,1-4H3. The molecule has 0 radical (unpaired) electrons. The van der Waals surface area contributed by atoms with E-state index in [1.807, 2.05) is 27.7 Å². The molecule has 0 aliphatic rings. The van der Waals surface area contributed by atoms with Crippen molar-refractivity contribution in [3.63, 3.8) is 0 Å². The molecule has 0 aliphatic heterocycles. The minimum Gasteiger partial charge on any atom is -0.508 e. The smallest absolute Gasteiger partial charge is 0.127 e. The Morgan fingerprint density at radius 1 is 1.20 bits per heavy atom. The molecule has 0 aliphatic carbocycles. The van der Waals surface area contributed by atoms with Gasteiger partial charge in [0.05, 0.1) is 0 Å². The monoisotopic (exact) mass is 210 g/mol. The normalized spacial score (nSPS) is 11.4. The highest BCUT2D eigenvalue weighted by Gasteiger charge is 2.12. The average molecular weight is 210 g/mol. The van der Waals surface area contributed by atoms with E-state index in [-0.39, 0.29) is 17.5 Å². The second-order valence-corrected chi connectivity index (χ2v) is 4.76. The molecule has 84 valence electrons. The van der Waals surface area contributed by atoms with Crippen molar-refractivity contribution in [1.82, 2.24) is 0 Å². The molecule has 1 nitrogen and oxygen atoms in total. The van der Waals surface area contributed by atoms with Crippen LogP contribution in [0.3, 0.4) is 0 Å². The molecule has 0 fully saturated rings. The molecule has 15 heavy (non-hydrogen) atoms. The van der Waals surface area contributed by atoms with Gasteiger partial charge in [-0.15, -0.1) is 0 Å². The van der Waals surface area contributed by atoms with Gasteiger partial charge in [0.15, 0.2) is 0 Å². The first-order valence-electron chi connectivity index (χ1n) is 5.43. The van der Waals surface area contributed by atoms with Crippen molar-refractivity contribution < 1.29 is 9.50 Å². The van der Waals surface area contributed by atoms with Gasteiger partial charge >= 0.3 is 0 Å². The van der Waals surface area contributed by atoms with Gasteiger partial charge in [0.1, 0.15) is 11.6 Å². The van der Waals surface area contributed by atoms with Crippen LogP contribution in [0.2, 0.25) is 0 Å². The van der Waals surface area contributed by atoms with Crippen LogP contribution in [0.5, 0.6) is 5.75 Å². The number of hydrogen-bond donors (Lipinski definition) is 1. The highest BCUT2D eigenvalue weighted by Crippen LogP contribution is 2.28. The van der Waals surface area contributed by atoms with Gasteiger partial charge in [-0.1, -0.05) is 27.7 Å². The van der Waals surface area contributed by atoms with Crippen LogP contribution in [0.15, 0.2) is 12.1 Å². The number of phenols is 1. The van der Waals surface area contributed by atoms with E-state index in [0.717, 1.165) is 0 Å². The van der Waals surface area contributed by atoms with E-state index >= 15 is 0 Å². The van der Waals surface area contributed by atoms with Crippen molar-refractivity contribution in [1.29, 1.82) is 0 Å². The summed E-state index contributed by atoms with van der Waals surface area (Å²) in [5.74, 6) is 0.524. The van der Waals surface area contributed by atoms with Crippen LogP contribution < -0.4 is 0 Å². The van der Waals surface area contributed by atoms with Crippen molar-refractivity contribution in [3.05, 3.63) is 29.1 Å². The first-order chi connectivity index (χ1) is 6.91. The Hall–Kier alpha value is -1.05. The number of hydrogen-bond acceptors (Lipinski definition) is 1. The van der Waals surface area contributed by atoms with E-state index in [1.165, 1.54) is 6.07 Å². The highest BCUT2D eigenvalue weighted by molar-refractivity contribution is 5.38. The molecule has 1 rings (SSSR count). The highest BCUT2D eigenvalue weighted by atomic mass is 19.1. The van der Waals surface area contributed by atoms with Crippen LogP contribution in [0, 0.1) is 11.7 Å². The van der Waals surface area contributed by atoms with Crippen LogP contribution in [-0.4, -0.2) is 5.11 Å². The molecular formula is C13H19FO. The third-order valence-electron chi connectivity index (χ3n) is 2.45. The van der Waals surface area contributed by atoms with E-state index in [0.29, 0.717) is 23.5 Å². The predicted molar refractivity (Wildman–Crippen MR) is 60.7 cm³/mol. The minimum absolute atomic E-state index is 0.101. The molecule has 0 aromatic heterocycles. The third-order valence-corrected chi connectivity index (χ3v) is 2.45. The molecule has 0 unspecified atom stereocenters. The molecular weight excluding hydrogens is 191 g/mol. The zero-order valence-electron chi connectivity index (χ0n) is 9.84. The van der Waals surface area contributed by atoms with Crippen LogP contribution in [0.25, 0.3) is 0 Å². The fourth-order valence-electron chi connectivity index (χ4n) is 1.66. The summed E-state index contributed by atoms with van der Waals surface area (Å²) in [7, 11) is 0. The number of rotatable bonds is 3. The molecule has 0 spiro atoms. The summed E-state index contributed by atoms with van der Waals surface area (Å²) in [4.78, 5) is 0. The van der Waals surface area contributed by atoms with E-state index in [4.69, 9.17) is 0 Å². The van der Waals surface area contributed by atoms with Gasteiger partial charge in [0.25, 0.3) is 0 Å². The lowest BCUT2D eigenvalue weighted by Crippen LogP contribution is -1.99.